The number of nitrogens with zero attached hydrogens (tertiary/aromatic N) is 2. The minimum Gasteiger partial charge on any atom is -0.465 e. The molecule has 2 atom stereocenters. The quantitative estimate of drug-likeness (QED) is 0.414. The van der Waals surface area contributed by atoms with E-state index in [1.165, 1.54) is 23.5 Å². The van der Waals surface area contributed by atoms with Crippen LogP contribution in [-0.2, 0) is 11.2 Å². The van der Waals surface area contributed by atoms with Gasteiger partial charge in [-0.25, -0.2) is 19.5 Å². The Hall–Kier alpha value is -3.67. The van der Waals surface area contributed by atoms with Crippen LogP contribution in [0.2, 0.25) is 0 Å². The van der Waals surface area contributed by atoms with Gasteiger partial charge in [-0.2, -0.15) is 17.6 Å². The average Bonchev–Trinajstić information content (AvgIpc) is 3.39. The summed E-state index contributed by atoms with van der Waals surface area (Å²) in [6, 6.07) is 13.0. The molecule has 1 aliphatic rings. The lowest BCUT2D eigenvalue weighted by Gasteiger charge is -2.21. The van der Waals surface area contributed by atoms with E-state index in [0.29, 0.717) is 15.6 Å². The van der Waals surface area contributed by atoms with Crippen molar-refractivity contribution in [3.05, 3.63) is 71.2 Å². The van der Waals surface area contributed by atoms with E-state index in [-0.39, 0.29) is 12.0 Å². The zero-order chi connectivity index (χ0) is 24.5. The largest absolute Gasteiger partial charge is 0.465 e. The fourth-order valence-electron chi connectivity index (χ4n) is 3.50. The van der Waals surface area contributed by atoms with Crippen LogP contribution < -0.4 is 4.74 Å². The second-order valence-corrected chi connectivity index (χ2v) is 8.14. The zero-order valence-corrected chi connectivity index (χ0v) is 17.9. The summed E-state index contributed by atoms with van der Waals surface area (Å²) < 4.78 is 60.9. The van der Waals surface area contributed by atoms with E-state index in [0.717, 1.165) is 17.7 Å². The zero-order valence-electron chi connectivity index (χ0n) is 17.1. The van der Waals surface area contributed by atoms with Crippen LogP contribution in [0.5, 0.6) is 5.75 Å². The number of hydrogen-bond acceptors (Lipinski definition) is 6. The Kier molecular flexibility index (Phi) is 6.42. The number of hydrogen-bond donors (Lipinski definition) is 1. The lowest BCUT2D eigenvalue weighted by Crippen LogP contribution is -2.40. The Bertz CT molecular complexity index is 1190. The van der Waals surface area contributed by atoms with Crippen molar-refractivity contribution in [3.8, 4) is 16.3 Å². The van der Waals surface area contributed by atoms with Crippen molar-refractivity contribution in [2.75, 3.05) is 0 Å². The van der Waals surface area contributed by atoms with Crippen molar-refractivity contribution in [2.45, 2.75) is 31.1 Å². The lowest BCUT2D eigenvalue weighted by atomic mass is 9.99. The first-order chi connectivity index (χ1) is 16.2. The molecule has 1 aliphatic heterocycles. The van der Waals surface area contributed by atoms with Crippen molar-refractivity contribution in [1.82, 2.24) is 9.88 Å². The number of aromatic nitrogens is 1. The van der Waals surface area contributed by atoms with Crippen LogP contribution in [0.1, 0.15) is 17.4 Å². The smallest absolute Gasteiger partial charge is 0.461 e. The number of benzene rings is 2. The van der Waals surface area contributed by atoms with Crippen LogP contribution in [0, 0.1) is 0 Å². The maximum absolute atomic E-state index is 13.3. The fraction of sp³-hybridized carbons (Fsp3) is 0.227. The van der Waals surface area contributed by atoms with Crippen molar-refractivity contribution in [3.63, 3.8) is 0 Å². The minimum absolute atomic E-state index is 0.154. The first-order valence-corrected chi connectivity index (χ1v) is 10.7. The molecule has 7 nitrogen and oxygen atoms in total. The summed E-state index contributed by atoms with van der Waals surface area (Å²) in [5, 5.41) is 11.8. The van der Waals surface area contributed by atoms with Gasteiger partial charge in [0.15, 0.2) is 6.10 Å². The van der Waals surface area contributed by atoms with Gasteiger partial charge in [0.1, 0.15) is 10.8 Å². The maximum atomic E-state index is 13.3. The molecule has 0 aliphatic carbocycles. The van der Waals surface area contributed by atoms with Crippen LogP contribution in [0.25, 0.3) is 10.6 Å². The first kappa shape index (κ1) is 23.5. The molecule has 0 bridgehead atoms. The highest BCUT2D eigenvalue weighted by atomic mass is 32.1. The molecule has 178 valence electrons. The van der Waals surface area contributed by atoms with E-state index >= 15 is 0 Å². The molecule has 2 unspecified atom stereocenters. The molecule has 1 N–H and O–H groups in total. The van der Waals surface area contributed by atoms with E-state index < -0.39 is 42.6 Å². The molecule has 0 saturated carbocycles. The molecule has 2 amide bonds. The van der Waals surface area contributed by atoms with Gasteiger partial charge in [0.2, 0.25) is 0 Å². The Balaban J connectivity index is 1.62. The number of carbonyl (C=O) groups excluding carboxylic acids is 1. The topological polar surface area (TPSA) is 89.0 Å². The Morgan fingerprint density at radius 3 is 2.62 bits per heavy atom. The number of alkyl halides is 4. The summed E-state index contributed by atoms with van der Waals surface area (Å²) in [5.41, 5.74) is 1.41. The Morgan fingerprint density at radius 1 is 1.21 bits per heavy atom. The van der Waals surface area contributed by atoms with Crippen LogP contribution in [0.3, 0.4) is 0 Å². The standard InChI is InChI=1S/C22H16F4N2O5S/c23-19(24)22(25,26)33-14-8-4-5-12(9-14)10-16-17(32-21(31)28(16)20(29)30)15-11-34-18(27-15)13-6-2-1-3-7-13/h1-9,11,16-17,19H,10H2,(H,29,30). The molecule has 1 fully saturated rings. The summed E-state index contributed by atoms with van der Waals surface area (Å²) in [4.78, 5) is 29.0. The van der Waals surface area contributed by atoms with Gasteiger partial charge in [-0.1, -0.05) is 42.5 Å². The van der Waals surface area contributed by atoms with E-state index in [2.05, 4.69) is 9.72 Å². The number of halogens is 4. The highest BCUT2D eigenvalue weighted by molar-refractivity contribution is 7.13. The van der Waals surface area contributed by atoms with Crippen molar-refractivity contribution < 1.29 is 41.7 Å². The molecule has 2 aromatic carbocycles. The predicted molar refractivity (Wildman–Crippen MR) is 112 cm³/mol. The lowest BCUT2D eigenvalue weighted by molar-refractivity contribution is -0.253. The van der Waals surface area contributed by atoms with E-state index in [1.54, 1.807) is 5.38 Å². The summed E-state index contributed by atoms with van der Waals surface area (Å²) in [6.07, 6.45) is -12.6. The SMILES string of the molecule is O=C(O)N1C(=O)OC(c2csc(-c3ccccc3)n2)C1Cc1cccc(OC(F)(F)C(F)F)c1. The third-order valence-electron chi connectivity index (χ3n) is 5.00. The van der Waals surface area contributed by atoms with Gasteiger partial charge >= 0.3 is 24.7 Å². The van der Waals surface area contributed by atoms with Gasteiger partial charge in [-0.3, -0.25) is 0 Å². The highest BCUT2D eigenvalue weighted by Gasteiger charge is 2.47. The number of imide groups is 1. The fourth-order valence-corrected chi connectivity index (χ4v) is 4.35. The summed E-state index contributed by atoms with van der Waals surface area (Å²) in [6.45, 7) is 0. The average molecular weight is 496 g/mol. The number of cyclic esters (lactones) is 1. The van der Waals surface area contributed by atoms with Crippen LogP contribution in [-0.4, -0.2) is 45.8 Å². The van der Waals surface area contributed by atoms with Gasteiger partial charge in [0.05, 0.1) is 11.7 Å². The van der Waals surface area contributed by atoms with Crippen molar-refractivity contribution >= 4 is 23.5 Å². The summed E-state index contributed by atoms with van der Waals surface area (Å²) >= 11 is 1.28. The molecule has 2 heterocycles. The van der Waals surface area contributed by atoms with Gasteiger partial charge in [0.25, 0.3) is 0 Å². The molecule has 1 saturated heterocycles. The maximum Gasteiger partial charge on any atom is 0.461 e. The third kappa shape index (κ3) is 4.81. The Labute approximate surface area is 194 Å². The molecule has 0 radical (unpaired) electrons. The molecule has 12 heteroatoms. The molecule has 4 rings (SSSR count). The number of amides is 2. The molecule has 1 aromatic heterocycles. The van der Waals surface area contributed by atoms with E-state index in [9.17, 15) is 32.3 Å². The van der Waals surface area contributed by atoms with E-state index in [4.69, 9.17) is 4.74 Å². The number of rotatable bonds is 7. The van der Waals surface area contributed by atoms with Crippen LogP contribution in [0.4, 0.5) is 27.2 Å². The second-order valence-electron chi connectivity index (χ2n) is 7.28. The van der Waals surface area contributed by atoms with Crippen molar-refractivity contribution in [1.29, 1.82) is 0 Å². The monoisotopic (exact) mass is 496 g/mol. The van der Waals surface area contributed by atoms with Gasteiger partial charge in [-0.15, -0.1) is 11.3 Å². The molecular weight excluding hydrogens is 480 g/mol. The predicted octanol–water partition coefficient (Wildman–Crippen LogP) is 5.83. The third-order valence-corrected chi connectivity index (χ3v) is 5.91. The minimum atomic E-state index is -4.70. The highest BCUT2D eigenvalue weighted by Crippen LogP contribution is 2.37. The van der Waals surface area contributed by atoms with Crippen molar-refractivity contribution in [2.24, 2.45) is 0 Å². The molecule has 34 heavy (non-hydrogen) atoms. The molecule has 3 aromatic rings. The van der Waals surface area contributed by atoms with Gasteiger partial charge in [0, 0.05) is 10.9 Å². The Morgan fingerprint density at radius 2 is 1.94 bits per heavy atom. The first-order valence-electron chi connectivity index (χ1n) is 9.83. The summed E-state index contributed by atoms with van der Waals surface area (Å²) in [7, 11) is 0. The van der Waals surface area contributed by atoms with Crippen LogP contribution in [0.15, 0.2) is 60.0 Å². The van der Waals surface area contributed by atoms with Gasteiger partial charge in [-0.05, 0) is 24.1 Å². The molecule has 0 spiro atoms. The van der Waals surface area contributed by atoms with Crippen LogP contribution >= 0.6 is 11.3 Å². The second kappa shape index (κ2) is 9.29. The van der Waals surface area contributed by atoms with E-state index in [1.807, 2.05) is 30.3 Å². The number of ether oxygens (including phenoxy) is 2. The number of carboxylic acid groups (broad SMARTS) is 1. The summed E-state index contributed by atoms with van der Waals surface area (Å²) in [5.74, 6) is -0.536. The normalized spacial score (nSPS) is 18.3. The molecular formula is C22H16F4N2O5S. The van der Waals surface area contributed by atoms with Gasteiger partial charge < -0.3 is 14.6 Å². The number of thiazole rings is 1. The number of carbonyl (C=O) groups is 2.